The van der Waals surface area contributed by atoms with E-state index in [0.29, 0.717) is 5.75 Å². The van der Waals surface area contributed by atoms with Crippen LogP contribution in [-0.2, 0) is 18.4 Å². The van der Waals surface area contributed by atoms with Crippen molar-refractivity contribution in [3.63, 3.8) is 0 Å². The highest BCUT2D eigenvalue weighted by atomic mass is 31.2. The summed E-state index contributed by atoms with van der Waals surface area (Å²) in [6.07, 6.45) is 0. The van der Waals surface area contributed by atoms with Gasteiger partial charge in [-0.25, -0.2) is 4.57 Å². The van der Waals surface area contributed by atoms with E-state index >= 15 is 0 Å². The summed E-state index contributed by atoms with van der Waals surface area (Å²) in [5.74, 6) is 0.238. The van der Waals surface area contributed by atoms with Crippen molar-refractivity contribution in [1.82, 2.24) is 0 Å². The van der Waals surface area contributed by atoms with Gasteiger partial charge in [-0.3, -0.25) is 13.8 Å². The van der Waals surface area contributed by atoms with E-state index in [1.165, 1.54) is 31.2 Å². The van der Waals surface area contributed by atoms with E-state index in [-0.39, 0.29) is 5.75 Å². The van der Waals surface area contributed by atoms with Gasteiger partial charge in [0.2, 0.25) is 0 Å². The molecule has 0 heterocycles. The number of rotatable bonds is 5. The molecular formula is C16H25O6P. The Morgan fingerprint density at radius 1 is 0.870 bits per heavy atom. The van der Waals surface area contributed by atoms with Crippen LogP contribution in [0.15, 0.2) is 24.3 Å². The summed E-state index contributed by atoms with van der Waals surface area (Å²) in [4.78, 5) is 10.9. The Bertz CT molecular complexity index is 560. The first-order valence-electron chi connectivity index (χ1n) is 7.28. The van der Waals surface area contributed by atoms with Crippen LogP contribution in [0.3, 0.4) is 0 Å². The standard InChI is InChI=1S/C16H25O6P/c1-12(17)19-13-8-10-14(11-9-13)20-23(18,21-15(2,3)4)22-16(5,6)7/h8-11H,1-7H3. The molecule has 0 saturated heterocycles. The van der Waals surface area contributed by atoms with E-state index in [1.807, 2.05) is 0 Å². The van der Waals surface area contributed by atoms with Crippen molar-refractivity contribution < 1.29 is 27.7 Å². The summed E-state index contributed by atoms with van der Waals surface area (Å²) in [7, 11) is -3.83. The maximum absolute atomic E-state index is 12.9. The van der Waals surface area contributed by atoms with Gasteiger partial charge < -0.3 is 9.26 Å². The number of ether oxygens (including phenoxy) is 1. The number of benzene rings is 1. The van der Waals surface area contributed by atoms with E-state index in [1.54, 1.807) is 41.5 Å². The van der Waals surface area contributed by atoms with Crippen molar-refractivity contribution in [3.05, 3.63) is 24.3 Å². The number of esters is 1. The molecule has 0 saturated carbocycles. The van der Waals surface area contributed by atoms with Gasteiger partial charge in [-0.05, 0) is 65.8 Å². The molecule has 0 fully saturated rings. The molecule has 0 atom stereocenters. The molecule has 1 rings (SSSR count). The predicted octanol–water partition coefficient (Wildman–Crippen LogP) is 4.73. The van der Waals surface area contributed by atoms with Crippen molar-refractivity contribution in [1.29, 1.82) is 0 Å². The van der Waals surface area contributed by atoms with Crippen LogP contribution in [0.25, 0.3) is 0 Å². The highest BCUT2D eigenvalue weighted by Gasteiger charge is 2.38. The average molecular weight is 344 g/mol. The van der Waals surface area contributed by atoms with Crippen LogP contribution in [-0.4, -0.2) is 17.2 Å². The van der Waals surface area contributed by atoms with Crippen LogP contribution >= 0.6 is 7.82 Å². The first-order valence-corrected chi connectivity index (χ1v) is 8.74. The normalized spacial score (nSPS) is 12.8. The second kappa shape index (κ2) is 7.04. The molecule has 1 aromatic rings. The third-order valence-corrected chi connectivity index (χ3v) is 4.05. The van der Waals surface area contributed by atoms with Gasteiger partial charge in [-0.15, -0.1) is 0 Å². The minimum atomic E-state index is -3.83. The lowest BCUT2D eigenvalue weighted by Crippen LogP contribution is -2.25. The maximum atomic E-state index is 12.9. The molecule has 0 radical (unpaired) electrons. The summed E-state index contributed by atoms with van der Waals surface area (Å²) in [6, 6.07) is 6.14. The number of hydrogen-bond acceptors (Lipinski definition) is 6. The van der Waals surface area contributed by atoms with Gasteiger partial charge >= 0.3 is 13.8 Å². The zero-order chi connectivity index (χ0) is 17.9. The zero-order valence-electron chi connectivity index (χ0n) is 14.7. The topological polar surface area (TPSA) is 71.1 Å². The lowest BCUT2D eigenvalue weighted by Gasteiger charge is -2.30. The third kappa shape index (κ3) is 8.16. The van der Waals surface area contributed by atoms with Gasteiger partial charge in [-0.1, -0.05) is 0 Å². The molecule has 0 aromatic heterocycles. The van der Waals surface area contributed by atoms with Gasteiger partial charge in [0.25, 0.3) is 0 Å². The average Bonchev–Trinajstić information content (AvgIpc) is 2.25. The van der Waals surface area contributed by atoms with Crippen molar-refractivity contribution in [2.75, 3.05) is 0 Å². The lowest BCUT2D eigenvalue weighted by molar-refractivity contribution is -0.131. The Morgan fingerprint density at radius 3 is 1.61 bits per heavy atom. The lowest BCUT2D eigenvalue weighted by atomic mass is 10.2. The predicted molar refractivity (Wildman–Crippen MR) is 87.7 cm³/mol. The van der Waals surface area contributed by atoms with Crippen LogP contribution in [0, 0.1) is 0 Å². The van der Waals surface area contributed by atoms with Gasteiger partial charge in [0, 0.05) is 6.92 Å². The first kappa shape index (κ1) is 19.7. The second-order valence-electron chi connectivity index (χ2n) is 7.01. The number of phosphoric acid groups is 1. The van der Waals surface area contributed by atoms with E-state index in [0.717, 1.165) is 0 Å². The first-order chi connectivity index (χ1) is 10.3. The highest BCUT2D eigenvalue weighted by Crippen LogP contribution is 2.55. The van der Waals surface area contributed by atoms with E-state index in [2.05, 4.69) is 0 Å². The maximum Gasteiger partial charge on any atom is 0.531 e. The number of phosphoric ester groups is 1. The van der Waals surface area contributed by atoms with Gasteiger partial charge in [0.15, 0.2) is 0 Å². The number of hydrogen-bond donors (Lipinski definition) is 0. The molecule has 0 unspecified atom stereocenters. The molecule has 0 aliphatic rings. The molecular weight excluding hydrogens is 319 g/mol. The molecule has 23 heavy (non-hydrogen) atoms. The van der Waals surface area contributed by atoms with Gasteiger partial charge in [0.05, 0.1) is 11.2 Å². The molecule has 130 valence electrons. The molecule has 0 spiro atoms. The molecule has 0 N–H and O–H groups in total. The minimum Gasteiger partial charge on any atom is -0.427 e. The summed E-state index contributed by atoms with van der Waals surface area (Å²) in [5.41, 5.74) is -1.42. The minimum absolute atomic E-state index is 0.290. The largest absolute Gasteiger partial charge is 0.531 e. The fourth-order valence-electron chi connectivity index (χ4n) is 1.59. The Hall–Kier alpha value is -1.36. The second-order valence-corrected chi connectivity index (χ2v) is 8.45. The fourth-order valence-corrected chi connectivity index (χ4v) is 3.42. The molecule has 0 amide bonds. The van der Waals surface area contributed by atoms with Crippen molar-refractivity contribution in [2.24, 2.45) is 0 Å². The van der Waals surface area contributed by atoms with E-state index in [4.69, 9.17) is 18.3 Å². The Morgan fingerprint density at radius 2 is 1.26 bits per heavy atom. The van der Waals surface area contributed by atoms with Crippen molar-refractivity contribution in [3.8, 4) is 11.5 Å². The summed E-state index contributed by atoms with van der Waals surface area (Å²) in [5, 5.41) is 0. The van der Waals surface area contributed by atoms with Gasteiger partial charge in [0.1, 0.15) is 11.5 Å². The quantitative estimate of drug-likeness (QED) is 0.437. The molecule has 0 aliphatic carbocycles. The van der Waals surface area contributed by atoms with Crippen LogP contribution in [0.5, 0.6) is 11.5 Å². The monoisotopic (exact) mass is 344 g/mol. The van der Waals surface area contributed by atoms with Crippen molar-refractivity contribution in [2.45, 2.75) is 59.7 Å². The van der Waals surface area contributed by atoms with Crippen molar-refractivity contribution >= 4 is 13.8 Å². The van der Waals surface area contributed by atoms with E-state index in [9.17, 15) is 9.36 Å². The molecule has 0 aliphatic heterocycles. The van der Waals surface area contributed by atoms with Crippen LogP contribution < -0.4 is 9.26 Å². The zero-order valence-corrected chi connectivity index (χ0v) is 15.6. The van der Waals surface area contributed by atoms with E-state index < -0.39 is 25.0 Å². The number of carbonyl (C=O) groups excluding carboxylic acids is 1. The van der Waals surface area contributed by atoms with Crippen LogP contribution in [0.1, 0.15) is 48.5 Å². The molecule has 1 aromatic carbocycles. The Labute approximate surface area is 137 Å². The smallest absolute Gasteiger partial charge is 0.427 e. The molecule has 6 nitrogen and oxygen atoms in total. The van der Waals surface area contributed by atoms with Crippen LogP contribution in [0.2, 0.25) is 0 Å². The summed E-state index contributed by atoms with van der Waals surface area (Å²) in [6.45, 7) is 11.9. The number of carbonyl (C=O) groups is 1. The van der Waals surface area contributed by atoms with Crippen LogP contribution in [0.4, 0.5) is 0 Å². The SMILES string of the molecule is CC(=O)Oc1ccc(OP(=O)(OC(C)(C)C)OC(C)(C)C)cc1. The molecule has 7 heteroatoms. The summed E-state index contributed by atoms with van der Waals surface area (Å²) >= 11 is 0. The highest BCUT2D eigenvalue weighted by molar-refractivity contribution is 7.49. The summed E-state index contributed by atoms with van der Waals surface area (Å²) < 4.78 is 34.4. The third-order valence-electron chi connectivity index (χ3n) is 2.07. The fraction of sp³-hybridized carbons (Fsp3) is 0.562. The van der Waals surface area contributed by atoms with Gasteiger partial charge in [-0.2, -0.15) is 0 Å². The Kier molecular flexibility index (Phi) is 6.02. The Balaban J connectivity index is 2.96. The molecule has 0 bridgehead atoms.